The third kappa shape index (κ3) is 5.38. The zero-order valence-corrected chi connectivity index (χ0v) is 13.7. The van der Waals surface area contributed by atoms with Gasteiger partial charge >= 0.3 is 0 Å². The number of furan rings is 1. The first-order chi connectivity index (χ1) is 10.6. The van der Waals surface area contributed by atoms with Crippen LogP contribution >= 0.6 is 27.5 Å². The lowest BCUT2D eigenvalue weighted by atomic mass is 10.3. The summed E-state index contributed by atoms with van der Waals surface area (Å²) in [6, 6.07) is 8.63. The number of amides is 1. The molecule has 0 aliphatic heterocycles. The highest BCUT2D eigenvalue weighted by Crippen LogP contribution is 2.27. The number of halogens is 2. The van der Waals surface area contributed by atoms with E-state index in [4.69, 9.17) is 20.8 Å². The van der Waals surface area contributed by atoms with Crippen molar-refractivity contribution in [2.24, 2.45) is 5.10 Å². The van der Waals surface area contributed by atoms with E-state index in [-0.39, 0.29) is 12.5 Å². The zero-order valence-electron chi connectivity index (χ0n) is 11.3. The van der Waals surface area contributed by atoms with Gasteiger partial charge in [0.05, 0.1) is 10.7 Å². The van der Waals surface area contributed by atoms with E-state index in [9.17, 15) is 4.79 Å². The van der Waals surface area contributed by atoms with Gasteiger partial charge in [-0.1, -0.05) is 11.6 Å². The second-order valence-electron chi connectivity index (χ2n) is 4.05. The smallest absolute Gasteiger partial charge is 0.277 e. The third-order valence-electron chi connectivity index (χ3n) is 2.41. The van der Waals surface area contributed by atoms with Crippen LogP contribution in [0.5, 0.6) is 5.75 Å². The molecule has 1 aromatic heterocycles. The van der Waals surface area contributed by atoms with Crippen LogP contribution in [0.1, 0.15) is 5.76 Å². The first-order valence-electron chi connectivity index (χ1n) is 6.25. The highest BCUT2D eigenvalue weighted by molar-refractivity contribution is 9.10. The molecule has 7 heteroatoms. The quantitative estimate of drug-likeness (QED) is 0.608. The van der Waals surface area contributed by atoms with Crippen molar-refractivity contribution in [1.82, 2.24) is 5.43 Å². The molecule has 2 aromatic rings. The minimum atomic E-state index is -0.371. The van der Waals surface area contributed by atoms with Crippen molar-refractivity contribution in [2.75, 3.05) is 6.61 Å². The van der Waals surface area contributed by atoms with Crippen molar-refractivity contribution in [1.29, 1.82) is 0 Å². The Balaban J connectivity index is 1.73. The predicted molar refractivity (Wildman–Crippen MR) is 89.0 cm³/mol. The Morgan fingerprint density at radius 1 is 1.45 bits per heavy atom. The number of benzene rings is 1. The first-order valence-corrected chi connectivity index (χ1v) is 7.42. The van der Waals surface area contributed by atoms with Gasteiger partial charge in [-0.05, 0) is 58.4 Å². The number of carbonyl (C=O) groups is 1. The number of carbonyl (C=O) groups excluding carboxylic acids is 1. The number of hydrazone groups is 1. The van der Waals surface area contributed by atoms with Crippen molar-refractivity contribution in [3.63, 3.8) is 0 Å². The molecule has 2 rings (SSSR count). The summed E-state index contributed by atoms with van der Waals surface area (Å²) in [4.78, 5) is 11.6. The molecule has 1 N–H and O–H groups in total. The average molecular weight is 384 g/mol. The second-order valence-corrected chi connectivity index (χ2v) is 5.34. The predicted octanol–water partition coefficient (Wildman–Crippen LogP) is 3.89. The molecular formula is C15H12BrClN2O3. The van der Waals surface area contributed by atoms with Crippen LogP contribution in [-0.2, 0) is 4.79 Å². The van der Waals surface area contributed by atoms with Crippen LogP contribution in [-0.4, -0.2) is 18.7 Å². The van der Waals surface area contributed by atoms with Gasteiger partial charge in [0.1, 0.15) is 11.5 Å². The van der Waals surface area contributed by atoms with Gasteiger partial charge in [0, 0.05) is 11.2 Å². The molecule has 0 saturated carbocycles. The highest BCUT2D eigenvalue weighted by atomic mass is 79.9. The number of rotatable bonds is 6. The van der Waals surface area contributed by atoms with Gasteiger partial charge in [0.25, 0.3) is 5.91 Å². The van der Waals surface area contributed by atoms with Crippen molar-refractivity contribution in [2.45, 2.75) is 0 Å². The molecular weight excluding hydrogens is 372 g/mol. The first kappa shape index (κ1) is 16.3. The van der Waals surface area contributed by atoms with E-state index >= 15 is 0 Å². The SMILES string of the molecule is O=C(COc1ccc(Cl)cc1Br)N/N=C\C=C\c1ccco1. The van der Waals surface area contributed by atoms with E-state index < -0.39 is 0 Å². The molecule has 1 heterocycles. The van der Waals surface area contributed by atoms with Crippen LogP contribution in [0, 0.1) is 0 Å². The van der Waals surface area contributed by atoms with Crippen molar-refractivity contribution in [3.05, 3.63) is 57.9 Å². The fraction of sp³-hybridized carbons (Fsp3) is 0.0667. The molecule has 22 heavy (non-hydrogen) atoms. The lowest BCUT2D eigenvalue weighted by Gasteiger charge is -2.07. The van der Waals surface area contributed by atoms with Crippen molar-refractivity contribution in [3.8, 4) is 5.75 Å². The number of nitrogens with one attached hydrogen (secondary N) is 1. The molecule has 0 unspecified atom stereocenters. The van der Waals surface area contributed by atoms with E-state index in [1.807, 2.05) is 0 Å². The molecule has 0 saturated heterocycles. The van der Waals surface area contributed by atoms with E-state index in [1.54, 1.807) is 48.7 Å². The number of ether oxygens (including phenoxy) is 1. The highest BCUT2D eigenvalue weighted by Gasteiger charge is 2.05. The van der Waals surface area contributed by atoms with E-state index in [2.05, 4.69) is 26.5 Å². The Hall–Kier alpha value is -2.05. The van der Waals surface area contributed by atoms with Gasteiger partial charge in [-0.15, -0.1) is 0 Å². The maximum atomic E-state index is 11.6. The summed E-state index contributed by atoms with van der Waals surface area (Å²) in [6.45, 7) is -0.153. The summed E-state index contributed by atoms with van der Waals surface area (Å²) in [5, 5.41) is 4.33. The number of allylic oxidation sites excluding steroid dienone is 1. The lowest BCUT2D eigenvalue weighted by molar-refractivity contribution is -0.123. The van der Waals surface area contributed by atoms with Crippen LogP contribution in [0.25, 0.3) is 6.08 Å². The monoisotopic (exact) mass is 382 g/mol. The van der Waals surface area contributed by atoms with Crippen LogP contribution < -0.4 is 10.2 Å². The average Bonchev–Trinajstić information content (AvgIpc) is 2.99. The Morgan fingerprint density at radius 2 is 2.32 bits per heavy atom. The molecule has 0 fully saturated rings. The minimum Gasteiger partial charge on any atom is -0.483 e. The minimum absolute atomic E-state index is 0.153. The Morgan fingerprint density at radius 3 is 3.05 bits per heavy atom. The Kier molecular flexibility index (Phi) is 6.24. The summed E-state index contributed by atoms with van der Waals surface area (Å²) in [6.07, 6.45) is 6.39. The molecule has 0 aliphatic carbocycles. The molecule has 5 nitrogen and oxygen atoms in total. The Bertz CT molecular complexity index is 684. The summed E-state index contributed by atoms with van der Waals surface area (Å²) >= 11 is 9.12. The molecule has 0 radical (unpaired) electrons. The van der Waals surface area contributed by atoms with E-state index in [0.29, 0.717) is 21.0 Å². The van der Waals surface area contributed by atoms with Gasteiger partial charge in [-0.25, -0.2) is 5.43 Å². The van der Waals surface area contributed by atoms with Gasteiger partial charge in [0.2, 0.25) is 0 Å². The largest absolute Gasteiger partial charge is 0.483 e. The second kappa shape index (κ2) is 8.41. The van der Waals surface area contributed by atoms with Gasteiger partial charge in [0.15, 0.2) is 6.61 Å². The molecule has 1 aromatic carbocycles. The summed E-state index contributed by atoms with van der Waals surface area (Å²) in [5.74, 6) is 0.861. The topological polar surface area (TPSA) is 63.8 Å². The fourth-order valence-electron chi connectivity index (χ4n) is 1.44. The summed E-state index contributed by atoms with van der Waals surface area (Å²) in [7, 11) is 0. The Labute approximate surface area is 140 Å². The number of hydrogen-bond donors (Lipinski definition) is 1. The molecule has 0 spiro atoms. The van der Waals surface area contributed by atoms with Crippen LogP contribution in [0.2, 0.25) is 5.02 Å². The fourth-order valence-corrected chi connectivity index (χ4v) is 2.24. The number of hydrogen-bond acceptors (Lipinski definition) is 4. The molecule has 0 atom stereocenters. The summed E-state index contributed by atoms with van der Waals surface area (Å²) in [5.41, 5.74) is 2.35. The van der Waals surface area contributed by atoms with Crippen molar-refractivity contribution < 1.29 is 13.9 Å². The normalized spacial score (nSPS) is 11.2. The number of nitrogens with zero attached hydrogens (tertiary/aromatic N) is 1. The molecule has 0 bridgehead atoms. The van der Waals surface area contributed by atoms with E-state index in [0.717, 1.165) is 0 Å². The lowest BCUT2D eigenvalue weighted by Crippen LogP contribution is -2.24. The van der Waals surface area contributed by atoms with Gasteiger partial charge in [-0.3, -0.25) is 4.79 Å². The maximum absolute atomic E-state index is 11.6. The van der Waals surface area contributed by atoms with Gasteiger partial charge in [-0.2, -0.15) is 5.10 Å². The zero-order chi connectivity index (χ0) is 15.8. The third-order valence-corrected chi connectivity index (χ3v) is 3.26. The van der Waals surface area contributed by atoms with Crippen LogP contribution in [0.3, 0.4) is 0 Å². The van der Waals surface area contributed by atoms with Gasteiger partial charge < -0.3 is 9.15 Å². The molecule has 0 aliphatic rings. The summed E-state index contributed by atoms with van der Waals surface area (Å²) < 4.78 is 11.1. The van der Waals surface area contributed by atoms with Crippen molar-refractivity contribution >= 4 is 45.7 Å². The van der Waals surface area contributed by atoms with E-state index in [1.165, 1.54) is 6.21 Å². The van der Waals surface area contributed by atoms with Crippen LogP contribution in [0.4, 0.5) is 0 Å². The molecule has 114 valence electrons. The molecule has 1 amide bonds. The van der Waals surface area contributed by atoms with Crippen LogP contribution in [0.15, 0.2) is 56.7 Å². The maximum Gasteiger partial charge on any atom is 0.277 e. The standard InChI is InChI=1S/C15H12BrClN2O3/c16-13-9-11(17)5-6-14(13)22-10-15(20)19-18-7-1-3-12-4-2-8-21-12/h1-9H,10H2,(H,19,20)/b3-1+,18-7-.